The number of urea groups is 1. The van der Waals surface area contributed by atoms with Crippen molar-refractivity contribution in [2.45, 2.75) is 25.7 Å². The predicted molar refractivity (Wildman–Crippen MR) is 150 cm³/mol. The summed E-state index contributed by atoms with van der Waals surface area (Å²) < 4.78 is 13.2. The normalized spacial score (nSPS) is 16.8. The molecule has 2 amide bonds. The Morgan fingerprint density at radius 1 is 1.05 bits per heavy atom. The number of halogens is 1. The second-order valence-electron chi connectivity index (χ2n) is 8.94. The van der Waals surface area contributed by atoms with Crippen molar-refractivity contribution < 1.29 is 9.18 Å². The molecule has 1 aliphatic rings. The van der Waals surface area contributed by atoms with Crippen LogP contribution < -0.4 is 22.1 Å². The largest absolute Gasteiger partial charge is 0.405 e. The van der Waals surface area contributed by atoms with Crippen LogP contribution in [0.3, 0.4) is 0 Å². The summed E-state index contributed by atoms with van der Waals surface area (Å²) in [5, 5.41) is 5.78. The predicted octanol–water partition coefficient (Wildman–Crippen LogP) is 4.64. The average molecular weight is 506 g/mol. The molecule has 8 nitrogen and oxygen atoms in total. The third kappa shape index (κ3) is 10.3. The van der Waals surface area contributed by atoms with E-state index >= 15 is 0 Å². The number of hydrogen-bond donors (Lipinski definition) is 4. The lowest BCUT2D eigenvalue weighted by Crippen LogP contribution is -2.38. The molecule has 1 saturated heterocycles. The van der Waals surface area contributed by atoms with Gasteiger partial charge in [0.2, 0.25) is 0 Å². The molecule has 2 aromatic rings. The molecule has 0 bridgehead atoms. The number of hydrogen-bond acceptors (Lipinski definition) is 6. The van der Waals surface area contributed by atoms with Gasteiger partial charge in [0.1, 0.15) is 5.82 Å². The lowest BCUT2D eigenvalue weighted by Gasteiger charge is -2.32. The molecule has 0 unspecified atom stereocenters. The van der Waals surface area contributed by atoms with Crippen LogP contribution in [0.2, 0.25) is 0 Å². The quantitative estimate of drug-likeness (QED) is 0.263. The standard InChI is InChI=1S/C28H36FN7O/c29-24-8-6-22(7-9-24)17-23-5-1-15-36(21-23)16-4-14-34-28(37)35-27-19-25(32-12-2-10-30)18-26(20-27)33-13-3-11-31/h2-3,6-13,18-20,23H,1,4-5,14-17,21,30-31H2,(H2,34,35,37)/t23-/m0/s1. The number of nitrogens with zero attached hydrogens (tertiary/aromatic N) is 3. The number of aliphatic imine (C=N–C) groups is 2. The maximum absolute atomic E-state index is 13.2. The zero-order valence-corrected chi connectivity index (χ0v) is 21.0. The van der Waals surface area contributed by atoms with Crippen LogP contribution in [0.5, 0.6) is 0 Å². The smallest absolute Gasteiger partial charge is 0.319 e. The van der Waals surface area contributed by atoms with Gasteiger partial charge in [-0.05, 0) is 105 Å². The number of carbonyl (C=O) groups is 1. The number of carbonyl (C=O) groups excluding carboxylic acids is 1. The van der Waals surface area contributed by atoms with Gasteiger partial charge < -0.3 is 27.0 Å². The average Bonchev–Trinajstić information content (AvgIpc) is 2.89. The van der Waals surface area contributed by atoms with E-state index < -0.39 is 0 Å². The molecule has 1 atom stereocenters. The second kappa shape index (κ2) is 15.2. The lowest BCUT2D eigenvalue weighted by molar-refractivity contribution is 0.172. The van der Waals surface area contributed by atoms with Crippen LogP contribution in [0.1, 0.15) is 24.8 Å². The first-order valence-corrected chi connectivity index (χ1v) is 12.5. The minimum atomic E-state index is -0.285. The lowest BCUT2D eigenvalue weighted by atomic mass is 9.91. The van der Waals surface area contributed by atoms with E-state index in [0.717, 1.165) is 38.9 Å². The van der Waals surface area contributed by atoms with E-state index in [2.05, 4.69) is 25.5 Å². The first-order valence-electron chi connectivity index (χ1n) is 12.5. The third-order valence-electron chi connectivity index (χ3n) is 5.98. The Morgan fingerprint density at radius 2 is 1.73 bits per heavy atom. The topological polar surface area (TPSA) is 121 Å². The first kappa shape index (κ1) is 27.6. The van der Waals surface area contributed by atoms with Gasteiger partial charge in [0.05, 0.1) is 11.4 Å². The summed E-state index contributed by atoms with van der Waals surface area (Å²) in [6.45, 7) is 3.59. The van der Waals surface area contributed by atoms with Crippen LogP contribution in [-0.4, -0.2) is 49.5 Å². The fraction of sp³-hybridized carbons (Fsp3) is 0.321. The van der Waals surface area contributed by atoms with Crippen molar-refractivity contribution in [1.82, 2.24) is 10.2 Å². The summed E-state index contributed by atoms with van der Waals surface area (Å²) >= 11 is 0. The highest BCUT2D eigenvalue weighted by Crippen LogP contribution is 2.26. The molecule has 37 heavy (non-hydrogen) atoms. The Morgan fingerprint density at radius 3 is 2.38 bits per heavy atom. The Bertz CT molecular complexity index is 1070. The molecule has 1 aliphatic heterocycles. The second-order valence-corrected chi connectivity index (χ2v) is 8.94. The zero-order valence-electron chi connectivity index (χ0n) is 21.0. The molecule has 0 saturated carbocycles. The Hall–Kier alpha value is -3.98. The van der Waals surface area contributed by atoms with Gasteiger partial charge >= 0.3 is 6.03 Å². The van der Waals surface area contributed by atoms with Gasteiger partial charge in [-0.2, -0.15) is 0 Å². The number of piperidine rings is 1. The monoisotopic (exact) mass is 505 g/mol. The Labute approximate surface area is 218 Å². The van der Waals surface area contributed by atoms with Crippen molar-refractivity contribution in [2.24, 2.45) is 27.4 Å². The fourth-order valence-corrected chi connectivity index (χ4v) is 4.33. The third-order valence-corrected chi connectivity index (χ3v) is 5.98. The van der Waals surface area contributed by atoms with Crippen molar-refractivity contribution in [1.29, 1.82) is 0 Å². The van der Waals surface area contributed by atoms with Crippen LogP contribution >= 0.6 is 0 Å². The molecular weight excluding hydrogens is 469 g/mol. The maximum atomic E-state index is 13.2. The molecule has 3 rings (SSSR count). The summed E-state index contributed by atoms with van der Waals surface area (Å²) in [5.41, 5.74) is 13.7. The highest BCUT2D eigenvalue weighted by atomic mass is 19.1. The fourth-order valence-electron chi connectivity index (χ4n) is 4.33. The molecule has 6 N–H and O–H groups in total. The number of amides is 2. The van der Waals surface area contributed by atoms with Crippen LogP contribution in [0, 0.1) is 11.7 Å². The van der Waals surface area contributed by atoms with Gasteiger partial charge in [0.25, 0.3) is 0 Å². The molecule has 1 fully saturated rings. The molecule has 0 spiro atoms. The van der Waals surface area contributed by atoms with Gasteiger partial charge in [-0.3, -0.25) is 9.98 Å². The zero-order chi connectivity index (χ0) is 26.3. The molecule has 0 aromatic heterocycles. The minimum Gasteiger partial charge on any atom is -0.405 e. The van der Waals surface area contributed by atoms with Crippen molar-refractivity contribution in [2.75, 3.05) is 31.5 Å². The molecule has 2 aromatic carbocycles. The first-order chi connectivity index (χ1) is 18.1. The number of anilines is 1. The van der Waals surface area contributed by atoms with E-state index in [4.69, 9.17) is 11.5 Å². The van der Waals surface area contributed by atoms with Gasteiger partial charge in [-0.1, -0.05) is 12.1 Å². The number of nitrogens with one attached hydrogen (secondary N) is 2. The molecule has 0 radical (unpaired) electrons. The van der Waals surface area contributed by atoms with E-state index in [0.29, 0.717) is 29.5 Å². The van der Waals surface area contributed by atoms with Gasteiger partial charge in [-0.25, -0.2) is 9.18 Å². The minimum absolute atomic E-state index is 0.194. The highest BCUT2D eigenvalue weighted by Gasteiger charge is 2.20. The molecule has 0 aliphatic carbocycles. The Kier molecular flexibility index (Phi) is 11.3. The SMILES string of the molecule is NC=CC=Nc1cc(N=CC=CN)cc(NC(=O)NCCCN2CCC[C@@H](Cc3ccc(F)cc3)C2)c1. The van der Waals surface area contributed by atoms with Crippen LogP contribution in [0.15, 0.2) is 77.0 Å². The van der Waals surface area contributed by atoms with E-state index in [1.54, 1.807) is 42.8 Å². The van der Waals surface area contributed by atoms with Crippen LogP contribution in [-0.2, 0) is 6.42 Å². The number of nitrogens with two attached hydrogens (primary N) is 2. The van der Waals surface area contributed by atoms with E-state index in [1.165, 1.54) is 36.5 Å². The van der Waals surface area contributed by atoms with Gasteiger partial charge in [0.15, 0.2) is 0 Å². The number of likely N-dealkylation sites (tertiary alicyclic amines) is 1. The van der Waals surface area contributed by atoms with E-state index in [9.17, 15) is 9.18 Å². The molecule has 1 heterocycles. The van der Waals surface area contributed by atoms with E-state index in [1.807, 2.05) is 12.1 Å². The summed E-state index contributed by atoms with van der Waals surface area (Å²) in [5.74, 6) is 0.378. The number of benzene rings is 2. The molecule has 9 heteroatoms. The Balaban J connectivity index is 1.45. The van der Waals surface area contributed by atoms with Crippen molar-refractivity contribution in [3.8, 4) is 0 Å². The summed E-state index contributed by atoms with van der Waals surface area (Å²) in [4.78, 5) is 23.6. The van der Waals surface area contributed by atoms with Crippen molar-refractivity contribution in [3.63, 3.8) is 0 Å². The van der Waals surface area contributed by atoms with Crippen molar-refractivity contribution in [3.05, 3.63) is 78.4 Å². The highest BCUT2D eigenvalue weighted by molar-refractivity contribution is 5.91. The number of allylic oxidation sites excluding steroid dienone is 2. The molecule has 196 valence electrons. The van der Waals surface area contributed by atoms with Crippen LogP contribution in [0.25, 0.3) is 0 Å². The van der Waals surface area contributed by atoms with E-state index in [-0.39, 0.29) is 11.8 Å². The summed E-state index contributed by atoms with van der Waals surface area (Å²) in [7, 11) is 0. The van der Waals surface area contributed by atoms with Crippen molar-refractivity contribution >= 4 is 35.5 Å². The summed E-state index contributed by atoms with van der Waals surface area (Å²) in [6.07, 6.45) is 13.3. The van der Waals surface area contributed by atoms with Gasteiger partial charge in [-0.15, -0.1) is 0 Å². The molecular formula is C28H36FN7O. The van der Waals surface area contributed by atoms with Gasteiger partial charge in [0, 0.05) is 31.2 Å². The van der Waals surface area contributed by atoms with Crippen LogP contribution in [0.4, 0.5) is 26.2 Å². The maximum Gasteiger partial charge on any atom is 0.319 e. The summed E-state index contributed by atoms with van der Waals surface area (Å²) in [6, 6.07) is 11.8. The number of rotatable bonds is 11.